The summed E-state index contributed by atoms with van der Waals surface area (Å²) < 4.78 is 39.8. The molecule has 2 nitrogen and oxygen atoms in total. The molecule has 0 radical (unpaired) electrons. The van der Waals surface area contributed by atoms with Crippen LogP contribution in [0, 0.1) is 17.5 Å². The van der Waals surface area contributed by atoms with E-state index in [9.17, 15) is 13.2 Å². The summed E-state index contributed by atoms with van der Waals surface area (Å²) in [4.78, 5) is 1.79. The summed E-state index contributed by atoms with van der Waals surface area (Å²) in [5, 5.41) is 3.20. The van der Waals surface area contributed by atoms with Gasteiger partial charge in [-0.3, -0.25) is 0 Å². The van der Waals surface area contributed by atoms with E-state index in [-0.39, 0.29) is 17.8 Å². The highest BCUT2D eigenvalue weighted by molar-refractivity contribution is 5.51. The number of hydrogen-bond donors (Lipinski definition) is 1. The van der Waals surface area contributed by atoms with Gasteiger partial charge in [0.1, 0.15) is 0 Å². The summed E-state index contributed by atoms with van der Waals surface area (Å²) in [6.07, 6.45) is 0. The summed E-state index contributed by atoms with van der Waals surface area (Å²) in [5.41, 5.74) is 0.130. The Bertz CT molecular complexity index is 412. The van der Waals surface area contributed by atoms with Crippen molar-refractivity contribution in [2.24, 2.45) is 0 Å². The van der Waals surface area contributed by atoms with Crippen LogP contribution in [0.15, 0.2) is 12.1 Å². The normalized spacial score (nSPS) is 25.1. The maximum absolute atomic E-state index is 13.7. The number of anilines is 1. The Morgan fingerprint density at radius 1 is 1.06 bits per heavy atom. The van der Waals surface area contributed by atoms with E-state index in [1.54, 1.807) is 4.90 Å². The summed E-state index contributed by atoms with van der Waals surface area (Å²) >= 11 is 0. The average molecular weight is 244 g/mol. The molecule has 0 aromatic heterocycles. The highest BCUT2D eigenvalue weighted by Crippen LogP contribution is 2.27. The molecule has 1 aliphatic rings. The minimum absolute atomic E-state index is 0.0399. The molecule has 1 saturated heterocycles. The van der Waals surface area contributed by atoms with E-state index < -0.39 is 17.5 Å². The van der Waals surface area contributed by atoms with E-state index in [4.69, 9.17) is 0 Å². The first kappa shape index (κ1) is 12.2. The van der Waals surface area contributed by atoms with Gasteiger partial charge in [-0.1, -0.05) is 0 Å². The fraction of sp³-hybridized carbons (Fsp3) is 0.500. The molecule has 1 heterocycles. The van der Waals surface area contributed by atoms with Crippen molar-refractivity contribution in [1.82, 2.24) is 5.32 Å². The van der Waals surface area contributed by atoms with Crippen LogP contribution in [0.5, 0.6) is 0 Å². The van der Waals surface area contributed by atoms with Crippen LogP contribution in [0.2, 0.25) is 0 Å². The van der Waals surface area contributed by atoms with Crippen molar-refractivity contribution in [2.75, 3.05) is 18.0 Å². The lowest BCUT2D eigenvalue weighted by atomic mass is 10.1. The van der Waals surface area contributed by atoms with Crippen molar-refractivity contribution in [1.29, 1.82) is 0 Å². The zero-order valence-electron chi connectivity index (χ0n) is 9.80. The van der Waals surface area contributed by atoms with Gasteiger partial charge in [0.25, 0.3) is 0 Å². The third-order valence-corrected chi connectivity index (χ3v) is 3.12. The molecule has 2 unspecified atom stereocenters. The van der Waals surface area contributed by atoms with Gasteiger partial charge in [-0.05, 0) is 26.0 Å². The van der Waals surface area contributed by atoms with Crippen molar-refractivity contribution < 1.29 is 13.2 Å². The van der Waals surface area contributed by atoms with Gasteiger partial charge in [-0.25, -0.2) is 13.2 Å². The van der Waals surface area contributed by atoms with Gasteiger partial charge in [0.05, 0.1) is 5.69 Å². The Labute approximate surface area is 98.4 Å². The molecule has 1 aliphatic heterocycles. The third kappa shape index (κ3) is 2.11. The van der Waals surface area contributed by atoms with E-state index in [0.29, 0.717) is 13.1 Å². The van der Waals surface area contributed by atoms with Gasteiger partial charge in [-0.15, -0.1) is 0 Å². The molecular formula is C12H15F3N2. The lowest BCUT2D eigenvalue weighted by Gasteiger charge is -2.41. The highest BCUT2D eigenvalue weighted by Gasteiger charge is 2.28. The number of piperazine rings is 1. The smallest absolute Gasteiger partial charge is 0.196 e. The van der Waals surface area contributed by atoms with Gasteiger partial charge in [0, 0.05) is 25.2 Å². The van der Waals surface area contributed by atoms with Gasteiger partial charge in [-0.2, -0.15) is 0 Å². The van der Waals surface area contributed by atoms with Crippen LogP contribution in [-0.4, -0.2) is 25.2 Å². The Balaban J connectivity index is 2.42. The van der Waals surface area contributed by atoms with Crippen molar-refractivity contribution in [3.8, 4) is 0 Å². The van der Waals surface area contributed by atoms with Crippen molar-refractivity contribution in [3.63, 3.8) is 0 Å². The molecule has 0 aliphatic carbocycles. The highest BCUT2D eigenvalue weighted by atomic mass is 19.2. The summed E-state index contributed by atoms with van der Waals surface area (Å²) in [6.45, 7) is 5.23. The predicted molar refractivity (Wildman–Crippen MR) is 60.6 cm³/mol. The topological polar surface area (TPSA) is 15.3 Å². The fourth-order valence-electron chi connectivity index (χ4n) is 2.32. The second kappa shape index (κ2) is 4.56. The van der Waals surface area contributed by atoms with Crippen LogP contribution in [0.25, 0.3) is 0 Å². The monoisotopic (exact) mass is 244 g/mol. The fourth-order valence-corrected chi connectivity index (χ4v) is 2.32. The molecule has 0 saturated carbocycles. The van der Waals surface area contributed by atoms with E-state index in [2.05, 4.69) is 5.32 Å². The van der Waals surface area contributed by atoms with E-state index in [1.807, 2.05) is 13.8 Å². The van der Waals surface area contributed by atoms with Crippen LogP contribution >= 0.6 is 0 Å². The molecule has 1 N–H and O–H groups in total. The Hall–Kier alpha value is -1.23. The molecule has 1 fully saturated rings. The van der Waals surface area contributed by atoms with Crippen LogP contribution < -0.4 is 10.2 Å². The molecule has 0 amide bonds. The number of nitrogens with zero attached hydrogens (tertiary/aromatic N) is 1. The number of nitrogens with one attached hydrogen (secondary N) is 1. The van der Waals surface area contributed by atoms with Crippen LogP contribution in [-0.2, 0) is 0 Å². The lowest BCUT2D eigenvalue weighted by molar-refractivity contribution is 0.410. The summed E-state index contributed by atoms with van der Waals surface area (Å²) in [5.74, 6) is -3.66. The zero-order chi connectivity index (χ0) is 12.6. The molecule has 2 rings (SSSR count). The Morgan fingerprint density at radius 2 is 1.65 bits per heavy atom. The molecule has 94 valence electrons. The first-order chi connectivity index (χ1) is 8.02. The largest absolute Gasteiger partial charge is 0.361 e. The van der Waals surface area contributed by atoms with Crippen LogP contribution in [0.4, 0.5) is 18.9 Å². The quantitative estimate of drug-likeness (QED) is 0.762. The van der Waals surface area contributed by atoms with Crippen LogP contribution in [0.1, 0.15) is 13.8 Å². The Kier molecular flexibility index (Phi) is 3.28. The number of hydrogen-bond acceptors (Lipinski definition) is 2. The first-order valence-electron chi connectivity index (χ1n) is 5.65. The van der Waals surface area contributed by atoms with Crippen molar-refractivity contribution >= 4 is 5.69 Å². The molecular weight excluding hydrogens is 229 g/mol. The lowest BCUT2D eigenvalue weighted by Crippen LogP contribution is -2.55. The SMILES string of the molecule is CC1CNCC(C)N1c1ccc(F)c(F)c1F. The molecule has 2 atom stereocenters. The van der Waals surface area contributed by atoms with Crippen molar-refractivity contribution in [2.45, 2.75) is 25.9 Å². The second-order valence-electron chi connectivity index (χ2n) is 4.46. The molecule has 0 spiro atoms. The van der Waals surface area contributed by atoms with Crippen LogP contribution in [0.3, 0.4) is 0 Å². The molecule has 1 aromatic carbocycles. The maximum Gasteiger partial charge on any atom is 0.196 e. The summed E-state index contributed by atoms with van der Waals surface area (Å²) in [7, 11) is 0. The second-order valence-corrected chi connectivity index (χ2v) is 4.46. The molecule has 1 aromatic rings. The standard InChI is InChI=1S/C12H15F3N2/c1-7-5-16-6-8(2)17(7)10-4-3-9(13)11(14)12(10)15/h3-4,7-8,16H,5-6H2,1-2H3. The Morgan fingerprint density at radius 3 is 2.24 bits per heavy atom. The van der Waals surface area contributed by atoms with Gasteiger partial charge < -0.3 is 10.2 Å². The van der Waals surface area contributed by atoms with E-state index >= 15 is 0 Å². The van der Waals surface area contributed by atoms with E-state index in [1.165, 1.54) is 6.07 Å². The minimum Gasteiger partial charge on any atom is -0.361 e. The number of benzene rings is 1. The molecule has 5 heteroatoms. The zero-order valence-corrected chi connectivity index (χ0v) is 9.80. The minimum atomic E-state index is -1.40. The number of rotatable bonds is 1. The van der Waals surface area contributed by atoms with E-state index in [0.717, 1.165) is 6.07 Å². The van der Waals surface area contributed by atoms with Gasteiger partial charge in [0.2, 0.25) is 0 Å². The third-order valence-electron chi connectivity index (χ3n) is 3.12. The summed E-state index contributed by atoms with van der Waals surface area (Å²) in [6, 6.07) is 2.35. The first-order valence-corrected chi connectivity index (χ1v) is 5.65. The molecule has 17 heavy (non-hydrogen) atoms. The van der Waals surface area contributed by atoms with Gasteiger partial charge >= 0.3 is 0 Å². The maximum atomic E-state index is 13.7. The van der Waals surface area contributed by atoms with Crippen molar-refractivity contribution in [3.05, 3.63) is 29.6 Å². The predicted octanol–water partition coefficient (Wildman–Crippen LogP) is 2.29. The van der Waals surface area contributed by atoms with Gasteiger partial charge in [0.15, 0.2) is 17.5 Å². The molecule has 0 bridgehead atoms. The average Bonchev–Trinajstić information content (AvgIpc) is 2.29. The number of halogens is 3.